The SMILES string of the molecule is CCOc1cc(C)c(C(=O)N2CCN(C(=O)C(C)C)CC2)cc1C. The fourth-order valence-corrected chi connectivity index (χ4v) is 3.00. The van der Waals surface area contributed by atoms with Gasteiger partial charge in [-0.1, -0.05) is 13.8 Å². The third kappa shape index (κ3) is 3.89. The Bertz CT molecular complexity index is 617. The lowest BCUT2D eigenvalue weighted by Crippen LogP contribution is -2.51. The Hall–Kier alpha value is -2.04. The Morgan fingerprint density at radius 1 is 1.04 bits per heavy atom. The van der Waals surface area contributed by atoms with E-state index < -0.39 is 0 Å². The van der Waals surface area contributed by atoms with E-state index in [9.17, 15) is 9.59 Å². The van der Waals surface area contributed by atoms with E-state index in [-0.39, 0.29) is 17.7 Å². The molecule has 1 saturated heterocycles. The van der Waals surface area contributed by atoms with Gasteiger partial charge in [-0.3, -0.25) is 9.59 Å². The molecule has 0 atom stereocenters. The van der Waals surface area contributed by atoms with Crippen LogP contribution >= 0.6 is 0 Å². The summed E-state index contributed by atoms with van der Waals surface area (Å²) in [6.07, 6.45) is 0. The lowest BCUT2D eigenvalue weighted by atomic mass is 10.0. The average Bonchev–Trinajstić information content (AvgIpc) is 2.57. The van der Waals surface area contributed by atoms with Crippen molar-refractivity contribution in [2.45, 2.75) is 34.6 Å². The normalized spacial score (nSPS) is 14.9. The van der Waals surface area contributed by atoms with E-state index in [4.69, 9.17) is 4.74 Å². The average molecular weight is 332 g/mol. The van der Waals surface area contributed by atoms with Gasteiger partial charge in [0.25, 0.3) is 5.91 Å². The highest BCUT2D eigenvalue weighted by atomic mass is 16.5. The van der Waals surface area contributed by atoms with Gasteiger partial charge in [0.15, 0.2) is 0 Å². The van der Waals surface area contributed by atoms with Crippen LogP contribution in [-0.4, -0.2) is 54.4 Å². The van der Waals surface area contributed by atoms with E-state index in [0.717, 1.165) is 22.4 Å². The molecule has 2 amide bonds. The Balaban J connectivity index is 2.08. The van der Waals surface area contributed by atoms with Crippen molar-refractivity contribution in [1.82, 2.24) is 9.80 Å². The molecule has 132 valence electrons. The van der Waals surface area contributed by atoms with Crippen molar-refractivity contribution in [2.75, 3.05) is 32.8 Å². The van der Waals surface area contributed by atoms with Crippen molar-refractivity contribution >= 4 is 11.8 Å². The summed E-state index contributed by atoms with van der Waals surface area (Å²) in [5.41, 5.74) is 2.62. The zero-order valence-electron chi connectivity index (χ0n) is 15.4. The summed E-state index contributed by atoms with van der Waals surface area (Å²) in [7, 11) is 0. The van der Waals surface area contributed by atoms with E-state index in [1.54, 1.807) is 0 Å². The zero-order valence-corrected chi connectivity index (χ0v) is 15.4. The Morgan fingerprint density at radius 3 is 2.17 bits per heavy atom. The predicted octanol–water partition coefficient (Wildman–Crippen LogP) is 2.64. The largest absolute Gasteiger partial charge is 0.494 e. The van der Waals surface area contributed by atoms with Crippen LogP contribution in [0.5, 0.6) is 5.75 Å². The highest BCUT2D eigenvalue weighted by Crippen LogP contribution is 2.24. The predicted molar refractivity (Wildman–Crippen MR) is 94.4 cm³/mol. The lowest BCUT2D eigenvalue weighted by molar-refractivity contribution is -0.135. The smallest absolute Gasteiger partial charge is 0.254 e. The van der Waals surface area contributed by atoms with Gasteiger partial charge in [0.05, 0.1) is 6.61 Å². The van der Waals surface area contributed by atoms with Crippen LogP contribution in [0.25, 0.3) is 0 Å². The van der Waals surface area contributed by atoms with E-state index in [0.29, 0.717) is 32.8 Å². The molecule has 0 unspecified atom stereocenters. The molecule has 1 aromatic carbocycles. The summed E-state index contributed by atoms with van der Waals surface area (Å²) in [5.74, 6) is 1.03. The molecule has 0 saturated carbocycles. The molecule has 0 spiro atoms. The molecule has 1 aliphatic rings. The van der Waals surface area contributed by atoms with Gasteiger partial charge in [0.1, 0.15) is 5.75 Å². The molecule has 0 N–H and O–H groups in total. The molecule has 0 aromatic heterocycles. The molecule has 0 radical (unpaired) electrons. The standard InChI is InChI=1S/C19H28N2O3/c1-6-24-17-12-14(4)16(11-15(17)5)19(23)21-9-7-20(8-10-21)18(22)13(2)3/h11-13H,6-10H2,1-5H3. The molecule has 5 nitrogen and oxygen atoms in total. The number of piperazine rings is 1. The van der Waals surface area contributed by atoms with Gasteiger partial charge in [0.2, 0.25) is 5.91 Å². The molecule has 1 aromatic rings. The molecule has 0 bridgehead atoms. The summed E-state index contributed by atoms with van der Waals surface area (Å²) >= 11 is 0. The molecular formula is C19H28N2O3. The van der Waals surface area contributed by atoms with E-state index in [1.807, 2.05) is 56.6 Å². The van der Waals surface area contributed by atoms with Crippen LogP contribution in [0.3, 0.4) is 0 Å². The van der Waals surface area contributed by atoms with Gasteiger partial charge in [0, 0.05) is 37.7 Å². The number of rotatable bonds is 4. The van der Waals surface area contributed by atoms with Crippen molar-refractivity contribution in [2.24, 2.45) is 5.92 Å². The third-order valence-electron chi connectivity index (χ3n) is 4.42. The quantitative estimate of drug-likeness (QED) is 0.852. The second-order valence-corrected chi connectivity index (χ2v) is 6.64. The summed E-state index contributed by atoms with van der Waals surface area (Å²) in [6, 6.07) is 3.85. The van der Waals surface area contributed by atoms with E-state index >= 15 is 0 Å². The molecule has 1 heterocycles. The van der Waals surface area contributed by atoms with Crippen LogP contribution in [-0.2, 0) is 4.79 Å². The first-order valence-electron chi connectivity index (χ1n) is 8.67. The maximum absolute atomic E-state index is 12.8. The molecule has 0 aliphatic carbocycles. The number of hydrogen-bond donors (Lipinski definition) is 0. The summed E-state index contributed by atoms with van der Waals surface area (Å²) in [6.45, 7) is 12.7. The molecular weight excluding hydrogens is 304 g/mol. The number of benzene rings is 1. The maximum atomic E-state index is 12.8. The minimum atomic E-state index is 0.00301. The van der Waals surface area contributed by atoms with Crippen LogP contribution in [0.4, 0.5) is 0 Å². The molecule has 5 heteroatoms. The fraction of sp³-hybridized carbons (Fsp3) is 0.579. The molecule has 1 fully saturated rings. The minimum Gasteiger partial charge on any atom is -0.494 e. The fourth-order valence-electron chi connectivity index (χ4n) is 3.00. The highest BCUT2D eigenvalue weighted by Gasteiger charge is 2.26. The maximum Gasteiger partial charge on any atom is 0.254 e. The minimum absolute atomic E-state index is 0.00301. The topological polar surface area (TPSA) is 49.9 Å². The second kappa shape index (κ2) is 7.69. The highest BCUT2D eigenvalue weighted by molar-refractivity contribution is 5.96. The van der Waals surface area contributed by atoms with Crippen molar-refractivity contribution < 1.29 is 14.3 Å². The third-order valence-corrected chi connectivity index (χ3v) is 4.42. The molecule has 2 rings (SSSR count). The van der Waals surface area contributed by atoms with Crippen LogP contribution in [0.2, 0.25) is 0 Å². The van der Waals surface area contributed by atoms with Gasteiger partial charge in [-0.05, 0) is 44.0 Å². The zero-order chi connectivity index (χ0) is 17.9. The van der Waals surface area contributed by atoms with Gasteiger partial charge in [-0.2, -0.15) is 0 Å². The van der Waals surface area contributed by atoms with Gasteiger partial charge in [-0.25, -0.2) is 0 Å². The van der Waals surface area contributed by atoms with Crippen LogP contribution in [0.1, 0.15) is 42.3 Å². The monoisotopic (exact) mass is 332 g/mol. The summed E-state index contributed by atoms with van der Waals surface area (Å²) in [5, 5.41) is 0. The van der Waals surface area contributed by atoms with Crippen LogP contribution < -0.4 is 4.74 Å². The summed E-state index contributed by atoms with van der Waals surface area (Å²) < 4.78 is 5.59. The Kier molecular flexibility index (Phi) is 5.86. The second-order valence-electron chi connectivity index (χ2n) is 6.64. The van der Waals surface area contributed by atoms with Gasteiger partial charge < -0.3 is 14.5 Å². The first-order chi connectivity index (χ1) is 11.3. The first-order valence-corrected chi connectivity index (χ1v) is 8.67. The number of carbonyl (C=O) groups is 2. The number of ether oxygens (including phenoxy) is 1. The summed E-state index contributed by atoms with van der Waals surface area (Å²) in [4.78, 5) is 28.6. The first kappa shape index (κ1) is 18.3. The number of carbonyl (C=O) groups excluding carboxylic acids is 2. The molecule has 24 heavy (non-hydrogen) atoms. The Morgan fingerprint density at radius 2 is 1.62 bits per heavy atom. The number of aryl methyl sites for hydroxylation is 2. The lowest BCUT2D eigenvalue weighted by Gasteiger charge is -2.36. The van der Waals surface area contributed by atoms with Crippen LogP contribution in [0, 0.1) is 19.8 Å². The number of nitrogens with zero attached hydrogens (tertiary/aromatic N) is 2. The Labute approximate surface area is 144 Å². The number of hydrogen-bond acceptors (Lipinski definition) is 3. The number of amides is 2. The van der Waals surface area contributed by atoms with Gasteiger partial charge >= 0.3 is 0 Å². The molecule has 1 aliphatic heterocycles. The van der Waals surface area contributed by atoms with Gasteiger partial charge in [-0.15, -0.1) is 0 Å². The van der Waals surface area contributed by atoms with Crippen molar-refractivity contribution in [3.8, 4) is 5.75 Å². The van der Waals surface area contributed by atoms with Crippen molar-refractivity contribution in [3.63, 3.8) is 0 Å². The van der Waals surface area contributed by atoms with E-state index in [2.05, 4.69) is 0 Å². The van der Waals surface area contributed by atoms with Crippen molar-refractivity contribution in [1.29, 1.82) is 0 Å². The van der Waals surface area contributed by atoms with Crippen molar-refractivity contribution in [3.05, 3.63) is 28.8 Å². The van der Waals surface area contributed by atoms with E-state index in [1.165, 1.54) is 0 Å². The van der Waals surface area contributed by atoms with Crippen LogP contribution in [0.15, 0.2) is 12.1 Å².